The standard InChI is InChI=1S/C17H25NO3/c1-4-17(16(19)20)10-5-11-18(17)13(2)12-14-6-8-15(21-3)9-7-14/h6-9,13H,4-5,10-12H2,1-3H3,(H,19,20). The summed E-state index contributed by atoms with van der Waals surface area (Å²) in [5.41, 5.74) is 0.539. The van der Waals surface area contributed by atoms with Gasteiger partial charge in [-0.25, -0.2) is 0 Å². The van der Waals surface area contributed by atoms with Gasteiger partial charge in [-0.3, -0.25) is 9.69 Å². The lowest BCUT2D eigenvalue weighted by molar-refractivity contribution is -0.151. The highest BCUT2D eigenvalue weighted by molar-refractivity contribution is 5.79. The molecule has 1 heterocycles. The molecule has 0 saturated carbocycles. The summed E-state index contributed by atoms with van der Waals surface area (Å²) in [5, 5.41) is 9.66. The van der Waals surface area contributed by atoms with Gasteiger partial charge in [-0.2, -0.15) is 0 Å². The number of carboxylic acids is 1. The van der Waals surface area contributed by atoms with Gasteiger partial charge in [0.2, 0.25) is 0 Å². The fraction of sp³-hybridized carbons (Fsp3) is 0.588. The molecule has 1 aromatic rings. The molecule has 2 unspecified atom stereocenters. The maximum absolute atomic E-state index is 11.7. The van der Waals surface area contributed by atoms with Crippen molar-refractivity contribution in [3.8, 4) is 5.75 Å². The molecule has 4 nitrogen and oxygen atoms in total. The second kappa shape index (κ2) is 6.48. The number of benzene rings is 1. The summed E-state index contributed by atoms with van der Waals surface area (Å²) in [6.07, 6.45) is 3.24. The number of ether oxygens (including phenoxy) is 1. The van der Waals surface area contributed by atoms with E-state index < -0.39 is 11.5 Å². The number of likely N-dealkylation sites (tertiary alicyclic amines) is 1. The van der Waals surface area contributed by atoms with E-state index in [-0.39, 0.29) is 6.04 Å². The molecule has 0 radical (unpaired) electrons. The molecule has 1 fully saturated rings. The van der Waals surface area contributed by atoms with Gasteiger partial charge in [-0.1, -0.05) is 19.1 Å². The zero-order valence-corrected chi connectivity index (χ0v) is 13.1. The first-order valence-electron chi connectivity index (χ1n) is 7.66. The van der Waals surface area contributed by atoms with Crippen LogP contribution in [0, 0.1) is 0 Å². The molecule has 1 N–H and O–H groups in total. The number of rotatable bonds is 6. The zero-order chi connectivity index (χ0) is 15.5. The summed E-state index contributed by atoms with van der Waals surface area (Å²) < 4.78 is 5.17. The summed E-state index contributed by atoms with van der Waals surface area (Å²) >= 11 is 0. The van der Waals surface area contributed by atoms with Gasteiger partial charge in [0.15, 0.2) is 0 Å². The summed E-state index contributed by atoms with van der Waals surface area (Å²) in [6.45, 7) is 4.98. The van der Waals surface area contributed by atoms with E-state index in [9.17, 15) is 9.90 Å². The van der Waals surface area contributed by atoms with Crippen LogP contribution in [0.25, 0.3) is 0 Å². The topological polar surface area (TPSA) is 49.8 Å². The summed E-state index contributed by atoms with van der Waals surface area (Å²) in [6, 6.07) is 8.24. The van der Waals surface area contributed by atoms with E-state index in [0.29, 0.717) is 6.42 Å². The van der Waals surface area contributed by atoms with Gasteiger partial charge in [-0.05, 0) is 56.8 Å². The first-order valence-corrected chi connectivity index (χ1v) is 7.66. The number of aliphatic carboxylic acids is 1. The highest BCUT2D eigenvalue weighted by Crippen LogP contribution is 2.35. The predicted octanol–water partition coefficient (Wildman–Crippen LogP) is 2.96. The third-order valence-electron chi connectivity index (χ3n) is 4.74. The Bertz CT molecular complexity index is 485. The number of nitrogens with zero attached hydrogens (tertiary/aromatic N) is 1. The van der Waals surface area contributed by atoms with Crippen molar-refractivity contribution in [2.24, 2.45) is 0 Å². The van der Waals surface area contributed by atoms with Gasteiger partial charge >= 0.3 is 5.97 Å². The van der Waals surface area contributed by atoms with Crippen LogP contribution in [0.1, 0.15) is 38.7 Å². The Hall–Kier alpha value is -1.55. The first-order chi connectivity index (χ1) is 10.0. The Morgan fingerprint density at radius 1 is 1.43 bits per heavy atom. The van der Waals surface area contributed by atoms with E-state index in [1.54, 1.807) is 7.11 Å². The predicted molar refractivity (Wildman–Crippen MR) is 82.8 cm³/mol. The molecular weight excluding hydrogens is 266 g/mol. The number of carboxylic acid groups (broad SMARTS) is 1. The Morgan fingerprint density at radius 3 is 2.62 bits per heavy atom. The monoisotopic (exact) mass is 291 g/mol. The normalized spacial score (nSPS) is 24.0. The lowest BCUT2D eigenvalue weighted by Gasteiger charge is -2.38. The third-order valence-corrected chi connectivity index (χ3v) is 4.74. The van der Waals surface area contributed by atoms with Gasteiger partial charge in [0.05, 0.1) is 7.11 Å². The largest absolute Gasteiger partial charge is 0.497 e. The number of hydrogen-bond acceptors (Lipinski definition) is 3. The first kappa shape index (κ1) is 15.8. The molecule has 116 valence electrons. The van der Waals surface area contributed by atoms with Crippen LogP contribution in [0.3, 0.4) is 0 Å². The SMILES string of the molecule is CCC1(C(=O)O)CCCN1C(C)Cc1ccc(OC)cc1. The smallest absolute Gasteiger partial charge is 0.324 e. The van der Waals surface area contributed by atoms with Crippen LogP contribution in [0.15, 0.2) is 24.3 Å². The molecule has 0 spiro atoms. The molecular formula is C17H25NO3. The molecule has 1 aliphatic rings. The van der Waals surface area contributed by atoms with Gasteiger partial charge in [0, 0.05) is 6.04 Å². The van der Waals surface area contributed by atoms with E-state index in [0.717, 1.165) is 31.6 Å². The fourth-order valence-corrected chi connectivity index (χ4v) is 3.52. The molecule has 4 heteroatoms. The minimum atomic E-state index is -0.677. The summed E-state index contributed by atoms with van der Waals surface area (Å²) in [7, 11) is 1.66. The number of methoxy groups -OCH3 is 1. The highest BCUT2D eigenvalue weighted by atomic mass is 16.5. The molecule has 0 aromatic heterocycles. The third kappa shape index (κ3) is 3.05. The Kier molecular flexibility index (Phi) is 4.88. The van der Waals surface area contributed by atoms with E-state index in [4.69, 9.17) is 4.74 Å². The molecule has 2 rings (SSSR count). The minimum Gasteiger partial charge on any atom is -0.497 e. The average Bonchev–Trinajstić information content (AvgIpc) is 2.93. The number of hydrogen-bond donors (Lipinski definition) is 1. The molecule has 0 aliphatic carbocycles. The highest BCUT2D eigenvalue weighted by Gasteiger charge is 2.47. The quantitative estimate of drug-likeness (QED) is 0.875. The van der Waals surface area contributed by atoms with Gasteiger partial charge < -0.3 is 9.84 Å². The van der Waals surface area contributed by atoms with Gasteiger partial charge in [-0.15, -0.1) is 0 Å². The molecule has 0 amide bonds. The Balaban J connectivity index is 2.11. The van der Waals surface area contributed by atoms with E-state index in [1.807, 2.05) is 19.1 Å². The Morgan fingerprint density at radius 2 is 2.10 bits per heavy atom. The molecule has 1 saturated heterocycles. The van der Waals surface area contributed by atoms with E-state index in [2.05, 4.69) is 24.0 Å². The fourth-order valence-electron chi connectivity index (χ4n) is 3.52. The zero-order valence-electron chi connectivity index (χ0n) is 13.1. The summed E-state index contributed by atoms with van der Waals surface area (Å²) in [4.78, 5) is 13.9. The number of carbonyl (C=O) groups is 1. The van der Waals surface area contributed by atoms with Gasteiger partial charge in [0.25, 0.3) is 0 Å². The maximum atomic E-state index is 11.7. The second-order valence-electron chi connectivity index (χ2n) is 5.89. The second-order valence-corrected chi connectivity index (χ2v) is 5.89. The summed E-state index contributed by atoms with van der Waals surface area (Å²) in [5.74, 6) is 0.171. The van der Waals surface area contributed by atoms with Gasteiger partial charge in [0.1, 0.15) is 11.3 Å². The minimum absolute atomic E-state index is 0.219. The van der Waals surface area contributed by atoms with E-state index >= 15 is 0 Å². The van der Waals surface area contributed by atoms with Crippen LogP contribution in [-0.2, 0) is 11.2 Å². The maximum Gasteiger partial charge on any atom is 0.324 e. The van der Waals surface area contributed by atoms with Crippen LogP contribution in [-0.4, -0.2) is 41.2 Å². The van der Waals surface area contributed by atoms with Crippen LogP contribution in [0.4, 0.5) is 0 Å². The molecule has 21 heavy (non-hydrogen) atoms. The van der Waals surface area contributed by atoms with Crippen molar-refractivity contribution in [3.05, 3.63) is 29.8 Å². The average molecular weight is 291 g/mol. The van der Waals surface area contributed by atoms with E-state index in [1.165, 1.54) is 5.56 Å². The van der Waals surface area contributed by atoms with Crippen molar-refractivity contribution in [3.63, 3.8) is 0 Å². The van der Waals surface area contributed by atoms with Crippen molar-refractivity contribution in [2.75, 3.05) is 13.7 Å². The molecule has 1 aliphatic heterocycles. The molecule has 2 atom stereocenters. The van der Waals surface area contributed by atoms with Crippen LogP contribution < -0.4 is 4.74 Å². The van der Waals surface area contributed by atoms with Crippen molar-refractivity contribution in [1.29, 1.82) is 0 Å². The van der Waals surface area contributed by atoms with Crippen LogP contribution in [0.5, 0.6) is 5.75 Å². The Labute approximate surface area is 126 Å². The lowest BCUT2D eigenvalue weighted by Crippen LogP contribution is -2.54. The van der Waals surface area contributed by atoms with Crippen molar-refractivity contribution >= 4 is 5.97 Å². The molecule has 0 bridgehead atoms. The molecule has 1 aromatic carbocycles. The van der Waals surface area contributed by atoms with Crippen molar-refractivity contribution < 1.29 is 14.6 Å². The van der Waals surface area contributed by atoms with Crippen molar-refractivity contribution in [1.82, 2.24) is 4.90 Å². The van der Waals surface area contributed by atoms with Crippen molar-refractivity contribution in [2.45, 2.75) is 51.1 Å². The van der Waals surface area contributed by atoms with Crippen LogP contribution >= 0.6 is 0 Å². The van der Waals surface area contributed by atoms with Crippen LogP contribution in [0.2, 0.25) is 0 Å². The lowest BCUT2D eigenvalue weighted by atomic mass is 9.91.